The average Bonchev–Trinajstić information content (AvgIpc) is 2.97. The second-order valence-electron chi connectivity index (χ2n) is 6.16. The minimum Gasteiger partial charge on any atom is -0.354 e. The number of ketones is 1. The quantitative estimate of drug-likeness (QED) is 0.636. The van der Waals surface area contributed by atoms with Crippen LogP contribution in [0.1, 0.15) is 57.9 Å². The Kier molecular flexibility index (Phi) is 6.72. The predicted molar refractivity (Wildman–Crippen MR) is 100 cm³/mol. The first kappa shape index (κ1) is 19.4. The number of amides is 2. The largest absolute Gasteiger partial charge is 0.354 e. The minimum atomic E-state index is -0.298. The van der Waals surface area contributed by atoms with E-state index in [2.05, 4.69) is 15.6 Å². The van der Waals surface area contributed by atoms with Crippen LogP contribution in [-0.2, 0) is 17.8 Å². The number of rotatable bonds is 8. The maximum absolute atomic E-state index is 12.4. The van der Waals surface area contributed by atoms with Crippen LogP contribution >= 0.6 is 0 Å². The average molecular weight is 355 g/mol. The molecule has 2 amide bonds. The molecule has 0 spiro atoms. The molecule has 0 saturated heterocycles. The van der Waals surface area contributed by atoms with E-state index in [4.69, 9.17) is 0 Å². The molecule has 1 aromatic heterocycles. The third-order valence-electron chi connectivity index (χ3n) is 4.19. The van der Waals surface area contributed by atoms with E-state index >= 15 is 0 Å². The highest BCUT2D eigenvalue weighted by Gasteiger charge is 2.21. The fourth-order valence-electron chi connectivity index (χ4n) is 2.96. The lowest BCUT2D eigenvalue weighted by Crippen LogP contribution is -2.31. The van der Waals surface area contributed by atoms with Crippen LogP contribution < -0.4 is 10.6 Å². The number of nitrogens with one attached hydrogen (secondary N) is 3. The number of aromatic amines is 1. The molecule has 138 valence electrons. The Morgan fingerprint density at radius 1 is 1.08 bits per heavy atom. The molecule has 1 aromatic carbocycles. The van der Waals surface area contributed by atoms with Crippen molar-refractivity contribution in [2.24, 2.45) is 0 Å². The summed E-state index contributed by atoms with van der Waals surface area (Å²) in [6.07, 6.45) is 0.777. The molecule has 0 atom stereocenters. The number of aryl methyl sites for hydroxylation is 1. The van der Waals surface area contributed by atoms with Crippen molar-refractivity contribution in [2.45, 2.75) is 40.2 Å². The van der Waals surface area contributed by atoms with Gasteiger partial charge in [-0.3, -0.25) is 14.4 Å². The van der Waals surface area contributed by atoms with Gasteiger partial charge in [0.1, 0.15) is 5.69 Å². The standard InChI is InChI=1S/C20H25N3O3/c1-4-16-18(14(3)24)13(2)23-19(16)20(26)21-11-10-17(25)22-12-15-8-6-5-7-9-15/h5-9,23H,4,10-12H2,1-3H3,(H,21,26)(H,22,25). The molecule has 3 N–H and O–H groups in total. The van der Waals surface area contributed by atoms with E-state index in [0.717, 1.165) is 11.1 Å². The first-order chi connectivity index (χ1) is 12.4. The van der Waals surface area contributed by atoms with Gasteiger partial charge in [0, 0.05) is 30.8 Å². The molecule has 6 heteroatoms. The highest BCUT2D eigenvalue weighted by Crippen LogP contribution is 2.20. The lowest BCUT2D eigenvalue weighted by atomic mass is 10.0. The van der Waals surface area contributed by atoms with Gasteiger partial charge in [0.15, 0.2) is 5.78 Å². The summed E-state index contributed by atoms with van der Waals surface area (Å²) in [5.41, 5.74) is 3.43. The SMILES string of the molecule is CCc1c(C(=O)NCCC(=O)NCc2ccccc2)[nH]c(C)c1C(C)=O. The van der Waals surface area contributed by atoms with Crippen molar-refractivity contribution in [3.8, 4) is 0 Å². The van der Waals surface area contributed by atoms with Crippen molar-refractivity contribution in [3.63, 3.8) is 0 Å². The number of Topliss-reactive ketones (excluding diaryl/α,β-unsaturated/α-hetero) is 1. The Hall–Kier alpha value is -2.89. The Labute approximate surface area is 153 Å². The molecule has 0 aliphatic rings. The van der Waals surface area contributed by atoms with Crippen LogP contribution in [0.4, 0.5) is 0 Å². The second kappa shape index (κ2) is 8.99. The fourth-order valence-corrected chi connectivity index (χ4v) is 2.96. The van der Waals surface area contributed by atoms with Crippen LogP contribution in [0.2, 0.25) is 0 Å². The van der Waals surface area contributed by atoms with Gasteiger partial charge in [-0.05, 0) is 31.4 Å². The summed E-state index contributed by atoms with van der Waals surface area (Å²) < 4.78 is 0. The van der Waals surface area contributed by atoms with Crippen LogP contribution in [0, 0.1) is 6.92 Å². The number of H-pyrrole nitrogens is 1. The van der Waals surface area contributed by atoms with Crippen LogP contribution in [0.3, 0.4) is 0 Å². The van der Waals surface area contributed by atoms with Gasteiger partial charge in [0.25, 0.3) is 5.91 Å². The zero-order valence-corrected chi connectivity index (χ0v) is 15.4. The molecule has 0 fully saturated rings. The van der Waals surface area contributed by atoms with Gasteiger partial charge in [0.2, 0.25) is 5.91 Å². The third kappa shape index (κ3) is 4.81. The molecule has 6 nitrogen and oxygen atoms in total. The summed E-state index contributed by atoms with van der Waals surface area (Å²) in [7, 11) is 0. The van der Waals surface area contributed by atoms with Crippen LogP contribution in [0.15, 0.2) is 30.3 Å². The van der Waals surface area contributed by atoms with Gasteiger partial charge in [0.05, 0.1) is 0 Å². The van der Waals surface area contributed by atoms with E-state index in [0.29, 0.717) is 29.9 Å². The highest BCUT2D eigenvalue weighted by atomic mass is 16.2. The van der Waals surface area contributed by atoms with Gasteiger partial charge in [-0.1, -0.05) is 37.3 Å². The summed E-state index contributed by atoms with van der Waals surface area (Å²) in [5, 5.41) is 5.56. The second-order valence-corrected chi connectivity index (χ2v) is 6.16. The van der Waals surface area contributed by atoms with E-state index in [1.807, 2.05) is 37.3 Å². The van der Waals surface area contributed by atoms with E-state index in [1.165, 1.54) is 6.92 Å². The summed E-state index contributed by atoms with van der Waals surface area (Å²) in [6, 6.07) is 9.63. The molecule has 0 bridgehead atoms. The number of hydrogen-bond donors (Lipinski definition) is 3. The number of carbonyl (C=O) groups is 3. The van der Waals surface area contributed by atoms with Crippen molar-refractivity contribution in [2.75, 3.05) is 6.54 Å². The Morgan fingerprint density at radius 3 is 2.38 bits per heavy atom. The first-order valence-electron chi connectivity index (χ1n) is 8.75. The van der Waals surface area contributed by atoms with Crippen molar-refractivity contribution in [1.82, 2.24) is 15.6 Å². The summed E-state index contributed by atoms with van der Waals surface area (Å²) in [5.74, 6) is -0.486. The molecule has 2 rings (SSSR count). The van der Waals surface area contributed by atoms with Gasteiger partial charge in [-0.2, -0.15) is 0 Å². The number of benzene rings is 1. The Balaban J connectivity index is 1.86. The Bertz CT molecular complexity index is 794. The monoisotopic (exact) mass is 355 g/mol. The number of carbonyl (C=O) groups excluding carboxylic acids is 3. The highest BCUT2D eigenvalue weighted by molar-refractivity contribution is 6.02. The lowest BCUT2D eigenvalue weighted by molar-refractivity contribution is -0.121. The first-order valence-corrected chi connectivity index (χ1v) is 8.75. The van der Waals surface area contributed by atoms with Gasteiger partial charge in [-0.15, -0.1) is 0 Å². The zero-order chi connectivity index (χ0) is 19.1. The van der Waals surface area contributed by atoms with E-state index < -0.39 is 0 Å². The topological polar surface area (TPSA) is 91.1 Å². The van der Waals surface area contributed by atoms with Crippen molar-refractivity contribution in [1.29, 1.82) is 0 Å². The van der Waals surface area contributed by atoms with E-state index in [1.54, 1.807) is 6.92 Å². The normalized spacial score (nSPS) is 10.4. The third-order valence-corrected chi connectivity index (χ3v) is 4.19. The molecule has 26 heavy (non-hydrogen) atoms. The molecular formula is C20H25N3O3. The molecule has 0 saturated carbocycles. The molecular weight excluding hydrogens is 330 g/mol. The summed E-state index contributed by atoms with van der Waals surface area (Å²) >= 11 is 0. The molecule has 0 aliphatic heterocycles. The minimum absolute atomic E-state index is 0.0602. The molecule has 0 aliphatic carbocycles. The van der Waals surface area contributed by atoms with E-state index in [9.17, 15) is 14.4 Å². The number of aromatic nitrogens is 1. The van der Waals surface area contributed by atoms with Crippen molar-refractivity contribution in [3.05, 3.63) is 58.4 Å². The molecule has 0 unspecified atom stereocenters. The fraction of sp³-hybridized carbons (Fsp3) is 0.350. The van der Waals surface area contributed by atoms with Crippen molar-refractivity contribution < 1.29 is 14.4 Å². The maximum atomic E-state index is 12.4. The maximum Gasteiger partial charge on any atom is 0.268 e. The van der Waals surface area contributed by atoms with Gasteiger partial charge in [-0.25, -0.2) is 0 Å². The summed E-state index contributed by atoms with van der Waals surface area (Å²) in [6.45, 7) is 5.88. The smallest absolute Gasteiger partial charge is 0.268 e. The van der Waals surface area contributed by atoms with E-state index in [-0.39, 0.29) is 30.6 Å². The van der Waals surface area contributed by atoms with Crippen LogP contribution in [0.25, 0.3) is 0 Å². The molecule has 2 aromatic rings. The van der Waals surface area contributed by atoms with Gasteiger partial charge < -0.3 is 15.6 Å². The number of hydrogen-bond acceptors (Lipinski definition) is 3. The molecule has 0 radical (unpaired) electrons. The molecule has 1 heterocycles. The Morgan fingerprint density at radius 2 is 1.77 bits per heavy atom. The van der Waals surface area contributed by atoms with Crippen LogP contribution in [0.5, 0.6) is 0 Å². The zero-order valence-electron chi connectivity index (χ0n) is 15.4. The van der Waals surface area contributed by atoms with Gasteiger partial charge >= 0.3 is 0 Å². The lowest BCUT2D eigenvalue weighted by Gasteiger charge is -2.07. The predicted octanol–water partition coefficient (Wildman–Crippen LogP) is 2.52. The van der Waals surface area contributed by atoms with Crippen LogP contribution in [-0.4, -0.2) is 29.1 Å². The summed E-state index contributed by atoms with van der Waals surface area (Å²) in [4.78, 5) is 39.0. The van der Waals surface area contributed by atoms with Crippen molar-refractivity contribution >= 4 is 17.6 Å².